The van der Waals surface area contributed by atoms with Crippen LogP contribution in [-0.4, -0.2) is 23.2 Å². The molecule has 0 unspecified atom stereocenters. The minimum Gasteiger partial charge on any atom is -0.396 e. The molecule has 0 radical (unpaired) electrons. The van der Waals surface area contributed by atoms with E-state index in [0.29, 0.717) is 11.3 Å². The van der Waals surface area contributed by atoms with Crippen molar-refractivity contribution in [3.8, 4) is 0 Å². The zero-order chi connectivity index (χ0) is 14.0. The van der Waals surface area contributed by atoms with Crippen LogP contribution in [0, 0.1) is 5.82 Å². The quantitative estimate of drug-likeness (QED) is 0.905. The van der Waals surface area contributed by atoms with E-state index < -0.39 is 5.54 Å². The Labute approximate surface area is 115 Å². The number of nitrogens with one attached hydrogen (secondary N) is 1. The predicted octanol–water partition coefficient (Wildman–Crippen LogP) is 2.93. The molecule has 2 rings (SSSR count). The zero-order valence-corrected chi connectivity index (χ0v) is 11.7. The molecule has 0 aliphatic rings. The van der Waals surface area contributed by atoms with Crippen LogP contribution in [0.4, 0.5) is 4.39 Å². The number of hydrogen-bond acceptors (Lipinski definition) is 3. The van der Waals surface area contributed by atoms with Crippen LogP contribution in [-0.2, 0) is 0 Å². The number of aliphatic hydroxyl groups excluding tert-OH is 1. The maximum absolute atomic E-state index is 13.1. The van der Waals surface area contributed by atoms with Gasteiger partial charge in [-0.2, -0.15) is 0 Å². The first-order chi connectivity index (χ1) is 8.91. The van der Waals surface area contributed by atoms with Crippen molar-refractivity contribution in [1.29, 1.82) is 0 Å². The number of amides is 1. The fourth-order valence-corrected chi connectivity index (χ4v) is 2.78. The van der Waals surface area contributed by atoms with Gasteiger partial charge in [-0.3, -0.25) is 4.79 Å². The molecule has 102 valence electrons. The summed E-state index contributed by atoms with van der Waals surface area (Å²) in [7, 11) is 0. The van der Waals surface area contributed by atoms with Gasteiger partial charge in [0, 0.05) is 16.8 Å². The van der Waals surface area contributed by atoms with Crippen molar-refractivity contribution >= 4 is 27.3 Å². The van der Waals surface area contributed by atoms with E-state index in [4.69, 9.17) is 5.11 Å². The molecule has 3 nitrogen and oxygen atoms in total. The molecule has 1 aromatic heterocycles. The van der Waals surface area contributed by atoms with Gasteiger partial charge in [0.05, 0.1) is 4.88 Å². The average molecular weight is 281 g/mol. The fraction of sp³-hybridized carbons (Fsp3) is 0.357. The Morgan fingerprint density at radius 3 is 2.84 bits per heavy atom. The lowest BCUT2D eigenvalue weighted by Gasteiger charge is -2.24. The van der Waals surface area contributed by atoms with Crippen molar-refractivity contribution in [1.82, 2.24) is 5.32 Å². The van der Waals surface area contributed by atoms with Gasteiger partial charge in [-0.1, -0.05) is 0 Å². The Kier molecular flexibility index (Phi) is 3.87. The summed E-state index contributed by atoms with van der Waals surface area (Å²) >= 11 is 1.33. The molecular formula is C14H16FNO2S. The lowest BCUT2D eigenvalue weighted by molar-refractivity contribution is 0.0904. The van der Waals surface area contributed by atoms with Crippen LogP contribution in [0.2, 0.25) is 0 Å². The van der Waals surface area contributed by atoms with Gasteiger partial charge in [-0.15, -0.1) is 11.3 Å². The molecule has 0 aliphatic carbocycles. The smallest absolute Gasteiger partial charge is 0.261 e. The molecule has 0 aliphatic heterocycles. The van der Waals surface area contributed by atoms with Crippen LogP contribution in [0.1, 0.15) is 29.9 Å². The van der Waals surface area contributed by atoms with Crippen molar-refractivity contribution in [3.63, 3.8) is 0 Å². The Balaban J connectivity index is 2.22. The molecule has 2 N–H and O–H groups in total. The monoisotopic (exact) mass is 281 g/mol. The largest absolute Gasteiger partial charge is 0.396 e. The number of carbonyl (C=O) groups excluding carboxylic acids is 1. The Bertz CT molecular complexity index is 607. The third-order valence-corrected chi connectivity index (χ3v) is 4.01. The van der Waals surface area contributed by atoms with Crippen molar-refractivity contribution in [3.05, 3.63) is 35.0 Å². The Morgan fingerprint density at radius 1 is 1.42 bits per heavy atom. The number of halogens is 1. The Hall–Kier alpha value is -1.46. The van der Waals surface area contributed by atoms with Gasteiger partial charge in [0.15, 0.2) is 0 Å². The lowest BCUT2D eigenvalue weighted by Crippen LogP contribution is -2.43. The van der Waals surface area contributed by atoms with E-state index in [0.717, 1.165) is 10.1 Å². The lowest BCUT2D eigenvalue weighted by atomic mass is 10.0. The first-order valence-electron chi connectivity index (χ1n) is 6.04. The number of aliphatic hydroxyl groups is 1. The molecular weight excluding hydrogens is 265 g/mol. The normalized spacial score (nSPS) is 11.8. The summed E-state index contributed by atoms with van der Waals surface area (Å²) in [6.45, 7) is 3.73. The number of carbonyl (C=O) groups is 1. The van der Waals surface area contributed by atoms with E-state index in [1.165, 1.54) is 23.5 Å². The highest BCUT2D eigenvalue weighted by atomic mass is 32.1. The standard InChI is InChI=1S/C14H16FNO2S/c1-14(2,5-6-17)16-13(18)12-8-9-7-10(15)3-4-11(9)19-12/h3-4,7-8,17H,5-6H2,1-2H3,(H,16,18). The van der Waals surface area contributed by atoms with Gasteiger partial charge in [0.1, 0.15) is 5.82 Å². The van der Waals surface area contributed by atoms with Crippen LogP contribution >= 0.6 is 11.3 Å². The highest BCUT2D eigenvalue weighted by molar-refractivity contribution is 7.20. The molecule has 0 spiro atoms. The van der Waals surface area contributed by atoms with Crippen LogP contribution < -0.4 is 5.32 Å². The second-order valence-electron chi connectivity index (χ2n) is 5.10. The molecule has 5 heteroatoms. The summed E-state index contributed by atoms with van der Waals surface area (Å²) < 4.78 is 14.0. The van der Waals surface area contributed by atoms with Gasteiger partial charge in [0.25, 0.3) is 5.91 Å². The summed E-state index contributed by atoms with van der Waals surface area (Å²) in [4.78, 5) is 12.7. The zero-order valence-electron chi connectivity index (χ0n) is 10.9. The first-order valence-corrected chi connectivity index (χ1v) is 6.85. The van der Waals surface area contributed by atoms with Crippen LogP contribution in [0.3, 0.4) is 0 Å². The molecule has 2 aromatic rings. The van der Waals surface area contributed by atoms with Crippen LogP contribution in [0.5, 0.6) is 0 Å². The van der Waals surface area contributed by atoms with E-state index in [2.05, 4.69) is 5.32 Å². The third-order valence-electron chi connectivity index (χ3n) is 2.89. The minimum absolute atomic E-state index is 0.0188. The van der Waals surface area contributed by atoms with Gasteiger partial charge >= 0.3 is 0 Å². The van der Waals surface area contributed by atoms with Gasteiger partial charge in [-0.25, -0.2) is 4.39 Å². The molecule has 0 fully saturated rings. The summed E-state index contributed by atoms with van der Waals surface area (Å²) in [5.74, 6) is -0.502. The number of thiophene rings is 1. The van der Waals surface area contributed by atoms with Gasteiger partial charge < -0.3 is 10.4 Å². The topological polar surface area (TPSA) is 49.3 Å². The summed E-state index contributed by atoms with van der Waals surface area (Å²) in [5, 5.41) is 12.5. The molecule has 19 heavy (non-hydrogen) atoms. The van der Waals surface area contributed by atoms with E-state index in [1.807, 2.05) is 13.8 Å². The van der Waals surface area contributed by atoms with E-state index >= 15 is 0 Å². The number of fused-ring (bicyclic) bond motifs is 1. The highest BCUT2D eigenvalue weighted by Gasteiger charge is 2.21. The highest BCUT2D eigenvalue weighted by Crippen LogP contribution is 2.26. The number of hydrogen-bond donors (Lipinski definition) is 2. The summed E-state index contributed by atoms with van der Waals surface area (Å²) in [5.41, 5.74) is -0.465. The minimum atomic E-state index is -0.465. The van der Waals surface area contributed by atoms with Gasteiger partial charge in [0.2, 0.25) is 0 Å². The molecule has 1 aromatic carbocycles. The van der Waals surface area contributed by atoms with E-state index in [9.17, 15) is 9.18 Å². The maximum atomic E-state index is 13.1. The van der Waals surface area contributed by atoms with Crippen molar-refractivity contribution in [2.75, 3.05) is 6.61 Å². The van der Waals surface area contributed by atoms with Crippen molar-refractivity contribution in [2.24, 2.45) is 0 Å². The molecule has 0 atom stereocenters. The molecule has 0 bridgehead atoms. The second-order valence-corrected chi connectivity index (χ2v) is 6.19. The molecule has 1 amide bonds. The van der Waals surface area contributed by atoms with Crippen molar-refractivity contribution < 1.29 is 14.3 Å². The molecule has 0 saturated carbocycles. The average Bonchev–Trinajstić information content (AvgIpc) is 2.71. The second kappa shape index (κ2) is 5.27. The molecule has 1 heterocycles. The fourth-order valence-electron chi connectivity index (χ4n) is 1.84. The maximum Gasteiger partial charge on any atom is 0.261 e. The Morgan fingerprint density at radius 2 is 2.16 bits per heavy atom. The summed E-state index contributed by atoms with van der Waals surface area (Å²) in [6.07, 6.45) is 0.484. The van der Waals surface area contributed by atoms with E-state index in [-0.39, 0.29) is 18.3 Å². The molecule has 0 saturated heterocycles. The van der Waals surface area contributed by atoms with Crippen molar-refractivity contribution in [2.45, 2.75) is 25.8 Å². The first kappa shape index (κ1) is 14.0. The number of benzene rings is 1. The van der Waals surface area contributed by atoms with Crippen LogP contribution in [0.15, 0.2) is 24.3 Å². The van der Waals surface area contributed by atoms with Crippen LogP contribution in [0.25, 0.3) is 10.1 Å². The third kappa shape index (κ3) is 3.30. The van der Waals surface area contributed by atoms with Gasteiger partial charge in [-0.05, 0) is 49.9 Å². The predicted molar refractivity (Wildman–Crippen MR) is 75.0 cm³/mol. The van der Waals surface area contributed by atoms with E-state index in [1.54, 1.807) is 12.1 Å². The SMILES string of the molecule is CC(C)(CCO)NC(=O)c1cc2cc(F)ccc2s1. The number of rotatable bonds is 4. The summed E-state index contributed by atoms with van der Waals surface area (Å²) in [6, 6.07) is 6.16.